The van der Waals surface area contributed by atoms with Crippen molar-refractivity contribution in [2.24, 2.45) is 0 Å². The first kappa shape index (κ1) is 28.1. The van der Waals surface area contributed by atoms with Crippen LogP contribution < -0.4 is 4.74 Å². The molecule has 1 heteroatoms. The predicted octanol–water partition coefficient (Wildman–Crippen LogP) is 10.7. The average Bonchev–Trinajstić information content (AvgIpc) is 2.80. The maximum atomic E-state index is 5.75. The first-order valence-corrected chi connectivity index (χ1v) is 14.1. The number of benzene rings is 1. The summed E-state index contributed by atoms with van der Waals surface area (Å²) in [5.41, 5.74) is 0. The summed E-state index contributed by atoms with van der Waals surface area (Å²) in [6, 6.07) is 10.2. The maximum Gasteiger partial charge on any atom is 0.119 e. The highest BCUT2D eigenvalue weighted by molar-refractivity contribution is 5.20. The van der Waals surface area contributed by atoms with Crippen molar-refractivity contribution in [1.29, 1.82) is 0 Å². The molecule has 1 aromatic carbocycles. The summed E-state index contributed by atoms with van der Waals surface area (Å²) in [5, 5.41) is 0. The van der Waals surface area contributed by atoms with Gasteiger partial charge in [0.05, 0.1) is 6.61 Å². The summed E-state index contributed by atoms with van der Waals surface area (Å²) in [5.74, 6) is 1.01. The molecule has 31 heavy (non-hydrogen) atoms. The number of para-hydroxylation sites is 1. The van der Waals surface area contributed by atoms with Crippen LogP contribution in [0.3, 0.4) is 0 Å². The highest BCUT2D eigenvalue weighted by Gasteiger charge is 1.96. The van der Waals surface area contributed by atoms with Gasteiger partial charge in [0, 0.05) is 0 Å². The first-order chi connectivity index (χ1) is 15.4. The molecule has 0 spiro atoms. The van der Waals surface area contributed by atoms with Crippen LogP contribution in [0.25, 0.3) is 0 Å². The minimum absolute atomic E-state index is 0.864. The molecule has 0 fully saturated rings. The molecule has 0 aliphatic rings. The van der Waals surface area contributed by atoms with Crippen molar-refractivity contribution >= 4 is 0 Å². The van der Waals surface area contributed by atoms with Crippen molar-refractivity contribution in [2.75, 3.05) is 6.61 Å². The molecule has 1 aromatic rings. The van der Waals surface area contributed by atoms with E-state index in [1.165, 1.54) is 141 Å². The number of unbranched alkanes of at least 4 members (excludes halogenated alkanes) is 21. The normalized spacial score (nSPS) is 11.1. The van der Waals surface area contributed by atoms with Crippen molar-refractivity contribution < 1.29 is 4.74 Å². The Balaban J connectivity index is 1.65. The average molecular weight is 431 g/mol. The predicted molar refractivity (Wildman–Crippen MR) is 139 cm³/mol. The van der Waals surface area contributed by atoms with Crippen molar-refractivity contribution in [1.82, 2.24) is 0 Å². The molecule has 0 saturated carbocycles. The summed E-state index contributed by atoms with van der Waals surface area (Å²) in [4.78, 5) is 0. The zero-order valence-corrected chi connectivity index (χ0v) is 21.1. The van der Waals surface area contributed by atoms with Crippen LogP contribution in [0.1, 0.15) is 148 Å². The van der Waals surface area contributed by atoms with Crippen molar-refractivity contribution in [3.8, 4) is 5.75 Å². The van der Waals surface area contributed by atoms with E-state index >= 15 is 0 Å². The summed E-state index contributed by atoms with van der Waals surface area (Å²) < 4.78 is 5.75. The number of hydrogen-bond donors (Lipinski definition) is 0. The zero-order chi connectivity index (χ0) is 22.1. The van der Waals surface area contributed by atoms with Gasteiger partial charge < -0.3 is 4.74 Å². The van der Waals surface area contributed by atoms with Gasteiger partial charge in [-0.15, -0.1) is 0 Å². The van der Waals surface area contributed by atoms with Gasteiger partial charge in [-0.1, -0.05) is 160 Å². The SMILES string of the molecule is CCCCCCCCCCCCCCCCCCCCCCCCOc1ccccc1. The van der Waals surface area contributed by atoms with Crippen LogP contribution in [-0.4, -0.2) is 6.61 Å². The molecule has 180 valence electrons. The molecule has 0 unspecified atom stereocenters. The van der Waals surface area contributed by atoms with Crippen molar-refractivity contribution in [3.63, 3.8) is 0 Å². The van der Waals surface area contributed by atoms with Crippen LogP contribution in [0.2, 0.25) is 0 Å². The smallest absolute Gasteiger partial charge is 0.119 e. The van der Waals surface area contributed by atoms with E-state index in [4.69, 9.17) is 4.74 Å². The van der Waals surface area contributed by atoms with Crippen LogP contribution >= 0.6 is 0 Å². The van der Waals surface area contributed by atoms with Crippen LogP contribution in [0.4, 0.5) is 0 Å². The molecular weight excluding hydrogens is 376 g/mol. The highest BCUT2D eigenvalue weighted by atomic mass is 16.5. The molecule has 0 heterocycles. The Bertz CT molecular complexity index is 441. The van der Waals surface area contributed by atoms with Crippen LogP contribution in [0.15, 0.2) is 30.3 Å². The molecule has 0 N–H and O–H groups in total. The second-order valence-electron chi connectivity index (χ2n) is 9.59. The summed E-state index contributed by atoms with van der Waals surface area (Å²) >= 11 is 0. The van der Waals surface area contributed by atoms with E-state index in [-0.39, 0.29) is 0 Å². The summed E-state index contributed by atoms with van der Waals surface area (Å²) in [6.07, 6.45) is 31.6. The van der Waals surface area contributed by atoms with Crippen molar-refractivity contribution in [3.05, 3.63) is 30.3 Å². The lowest BCUT2D eigenvalue weighted by Crippen LogP contribution is -1.96. The topological polar surface area (TPSA) is 9.23 Å². The van der Waals surface area contributed by atoms with E-state index in [9.17, 15) is 0 Å². The number of rotatable bonds is 24. The Morgan fingerprint density at radius 3 is 1.10 bits per heavy atom. The summed E-state index contributed by atoms with van der Waals surface area (Å²) in [7, 11) is 0. The first-order valence-electron chi connectivity index (χ1n) is 14.1. The van der Waals surface area contributed by atoms with Gasteiger partial charge in [-0.3, -0.25) is 0 Å². The van der Waals surface area contributed by atoms with Gasteiger partial charge in [-0.2, -0.15) is 0 Å². The van der Waals surface area contributed by atoms with Gasteiger partial charge >= 0.3 is 0 Å². The third-order valence-corrected chi connectivity index (χ3v) is 6.51. The fourth-order valence-corrected chi connectivity index (χ4v) is 4.42. The second kappa shape index (κ2) is 23.7. The third-order valence-electron chi connectivity index (χ3n) is 6.51. The van der Waals surface area contributed by atoms with Crippen molar-refractivity contribution in [2.45, 2.75) is 148 Å². The largest absolute Gasteiger partial charge is 0.494 e. The van der Waals surface area contributed by atoms with Crippen LogP contribution in [0.5, 0.6) is 5.75 Å². The lowest BCUT2D eigenvalue weighted by molar-refractivity contribution is 0.304. The van der Waals surface area contributed by atoms with Crippen LogP contribution in [-0.2, 0) is 0 Å². The fourth-order valence-electron chi connectivity index (χ4n) is 4.42. The van der Waals surface area contributed by atoms with Gasteiger partial charge in [0.2, 0.25) is 0 Å². The monoisotopic (exact) mass is 430 g/mol. The maximum absolute atomic E-state index is 5.75. The second-order valence-corrected chi connectivity index (χ2v) is 9.59. The summed E-state index contributed by atoms with van der Waals surface area (Å²) in [6.45, 7) is 3.16. The van der Waals surface area contributed by atoms with E-state index in [0.717, 1.165) is 12.4 Å². The van der Waals surface area contributed by atoms with Crippen LogP contribution in [0, 0.1) is 0 Å². The van der Waals surface area contributed by atoms with E-state index in [1.807, 2.05) is 30.3 Å². The standard InChI is InChI=1S/C30H54O/c1-2-3-4-5-6-7-8-9-10-11-12-13-14-15-16-17-18-19-20-21-22-26-29-31-30-27-24-23-25-28-30/h23-25,27-28H,2-22,26,29H2,1H3. The molecule has 0 amide bonds. The van der Waals surface area contributed by atoms with E-state index in [2.05, 4.69) is 6.92 Å². The molecule has 0 aromatic heterocycles. The van der Waals surface area contributed by atoms with E-state index in [1.54, 1.807) is 0 Å². The molecule has 0 atom stereocenters. The Labute approximate surface area is 195 Å². The quantitative estimate of drug-likeness (QED) is 0.148. The molecule has 0 aliphatic heterocycles. The highest BCUT2D eigenvalue weighted by Crippen LogP contribution is 2.15. The fraction of sp³-hybridized carbons (Fsp3) is 0.800. The lowest BCUT2D eigenvalue weighted by Gasteiger charge is -2.06. The minimum Gasteiger partial charge on any atom is -0.494 e. The van der Waals surface area contributed by atoms with E-state index < -0.39 is 0 Å². The molecule has 1 nitrogen and oxygen atoms in total. The Morgan fingerprint density at radius 2 is 0.742 bits per heavy atom. The van der Waals surface area contributed by atoms with Gasteiger partial charge in [-0.05, 0) is 18.6 Å². The minimum atomic E-state index is 0.864. The molecule has 0 saturated heterocycles. The lowest BCUT2D eigenvalue weighted by atomic mass is 10.0. The third kappa shape index (κ3) is 20.7. The molecule has 1 rings (SSSR count). The van der Waals surface area contributed by atoms with Gasteiger partial charge in [0.1, 0.15) is 5.75 Å². The molecule has 0 radical (unpaired) electrons. The van der Waals surface area contributed by atoms with Gasteiger partial charge in [-0.25, -0.2) is 0 Å². The number of ether oxygens (including phenoxy) is 1. The Morgan fingerprint density at radius 1 is 0.419 bits per heavy atom. The molecule has 0 bridgehead atoms. The Hall–Kier alpha value is -0.980. The van der Waals surface area contributed by atoms with Gasteiger partial charge in [0.25, 0.3) is 0 Å². The van der Waals surface area contributed by atoms with E-state index in [0.29, 0.717) is 0 Å². The number of hydrogen-bond acceptors (Lipinski definition) is 1. The zero-order valence-electron chi connectivity index (χ0n) is 21.1. The van der Waals surface area contributed by atoms with Gasteiger partial charge in [0.15, 0.2) is 0 Å². The molecular formula is C30H54O. The Kier molecular flexibility index (Phi) is 21.4. The molecule has 0 aliphatic carbocycles.